The highest BCUT2D eigenvalue weighted by molar-refractivity contribution is 6.17. The lowest BCUT2D eigenvalue weighted by molar-refractivity contribution is -0.140. The van der Waals surface area contributed by atoms with Crippen molar-refractivity contribution in [1.29, 1.82) is 0 Å². The zero-order valence-corrected chi connectivity index (χ0v) is 11.3. The lowest BCUT2D eigenvalue weighted by atomic mass is 9.92. The second kappa shape index (κ2) is 9.06. The first-order chi connectivity index (χ1) is 8.02. The molecule has 1 atom stereocenters. The third kappa shape index (κ3) is 7.01. The smallest absolute Gasteiger partial charge is 0.310 e. The second-order valence-electron chi connectivity index (χ2n) is 4.04. The Morgan fingerprint density at radius 3 is 2.47 bits per heavy atom. The van der Waals surface area contributed by atoms with E-state index in [0.717, 1.165) is 24.0 Å². The average molecular weight is 257 g/mol. The Balaban J connectivity index is 4.65. The van der Waals surface area contributed by atoms with Crippen LogP contribution in [0.25, 0.3) is 0 Å². The Hall–Kier alpha value is -1.02. The van der Waals surface area contributed by atoms with Crippen LogP contribution in [0.4, 0.5) is 0 Å². The van der Waals surface area contributed by atoms with Crippen molar-refractivity contribution in [3.05, 3.63) is 36.0 Å². The summed E-state index contributed by atoms with van der Waals surface area (Å²) in [6.07, 6.45) is 7.83. The molecule has 0 aromatic heterocycles. The van der Waals surface area contributed by atoms with Crippen molar-refractivity contribution in [3.8, 4) is 0 Å². The number of hydrogen-bond acceptors (Lipinski definition) is 1. The van der Waals surface area contributed by atoms with Crippen LogP contribution in [0, 0.1) is 5.92 Å². The lowest BCUT2D eigenvalue weighted by Crippen LogP contribution is -2.15. The summed E-state index contributed by atoms with van der Waals surface area (Å²) in [6.45, 7) is 7.50. The Morgan fingerprint density at radius 1 is 1.41 bits per heavy atom. The van der Waals surface area contributed by atoms with Crippen LogP contribution in [-0.2, 0) is 4.79 Å². The fourth-order valence-electron chi connectivity index (χ4n) is 1.53. The van der Waals surface area contributed by atoms with E-state index >= 15 is 0 Å². The fraction of sp³-hybridized carbons (Fsp3) is 0.500. The minimum absolute atomic E-state index is 0.446. The van der Waals surface area contributed by atoms with Gasteiger partial charge in [0.15, 0.2) is 0 Å². The van der Waals surface area contributed by atoms with Gasteiger partial charge in [0.05, 0.1) is 5.92 Å². The average Bonchev–Trinajstić information content (AvgIpc) is 2.26. The van der Waals surface area contributed by atoms with Crippen molar-refractivity contribution in [2.45, 2.75) is 33.1 Å². The Bertz CT molecular complexity index is 316. The first-order valence-electron chi connectivity index (χ1n) is 5.81. The Morgan fingerprint density at radius 2 is 2.06 bits per heavy atom. The van der Waals surface area contributed by atoms with Gasteiger partial charge in [0.1, 0.15) is 0 Å². The monoisotopic (exact) mass is 256 g/mol. The Kier molecular flexibility index (Phi) is 8.51. The van der Waals surface area contributed by atoms with Gasteiger partial charge in [-0.1, -0.05) is 36.8 Å². The number of hydrogen-bond donors (Lipinski definition) is 1. The summed E-state index contributed by atoms with van der Waals surface area (Å²) < 4.78 is 0. The van der Waals surface area contributed by atoms with Crippen molar-refractivity contribution in [1.82, 2.24) is 0 Å². The minimum Gasteiger partial charge on any atom is -0.481 e. The van der Waals surface area contributed by atoms with E-state index in [-0.39, 0.29) is 0 Å². The van der Waals surface area contributed by atoms with Crippen LogP contribution in [0.3, 0.4) is 0 Å². The number of allylic oxidation sites excluding steroid dienone is 4. The number of halogens is 1. The molecule has 2 nitrogen and oxygen atoms in total. The summed E-state index contributed by atoms with van der Waals surface area (Å²) in [5.74, 6) is -0.642. The molecule has 0 aliphatic carbocycles. The quantitative estimate of drug-likeness (QED) is 0.402. The van der Waals surface area contributed by atoms with E-state index in [1.54, 1.807) is 0 Å². The van der Waals surface area contributed by atoms with Gasteiger partial charge in [0.25, 0.3) is 0 Å². The van der Waals surface area contributed by atoms with Crippen molar-refractivity contribution < 1.29 is 9.90 Å². The SMILES string of the molecule is C=C(C)C=CC(=CC)C(CCCCCl)C(=O)O. The van der Waals surface area contributed by atoms with Gasteiger partial charge in [-0.3, -0.25) is 4.79 Å². The molecule has 0 aromatic carbocycles. The molecule has 0 heterocycles. The van der Waals surface area contributed by atoms with Crippen LogP contribution in [-0.4, -0.2) is 17.0 Å². The van der Waals surface area contributed by atoms with Crippen LogP contribution in [0.15, 0.2) is 36.0 Å². The number of unbranched alkanes of at least 4 members (excludes halogenated alkanes) is 1. The molecular weight excluding hydrogens is 236 g/mol. The highest BCUT2D eigenvalue weighted by Crippen LogP contribution is 2.20. The highest BCUT2D eigenvalue weighted by Gasteiger charge is 2.19. The van der Waals surface area contributed by atoms with Gasteiger partial charge in [-0.05, 0) is 32.3 Å². The molecule has 0 bridgehead atoms. The van der Waals surface area contributed by atoms with Crippen molar-refractivity contribution >= 4 is 17.6 Å². The second-order valence-corrected chi connectivity index (χ2v) is 4.42. The van der Waals surface area contributed by atoms with Gasteiger partial charge in [0, 0.05) is 5.88 Å². The van der Waals surface area contributed by atoms with Crippen LogP contribution in [0.5, 0.6) is 0 Å². The molecule has 0 radical (unpaired) electrons. The van der Waals surface area contributed by atoms with Gasteiger partial charge >= 0.3 is 5.97 Å². The molecule has 0 aromatic rings. The standard InChI is InChI=1S/C14H21ClO2/c1-4-12(9-8-11(2)3)13(14(16)17)7-5-6-10-15/h4,8-9,13H,2,5-7,10H2,1,3H3,(H,16,17). The van der Waals surface area contributed by atoms with Crippen molar-refractivity contribution in [3.63, 3.8) is 0 Å². The van der Waals surface area contributed by atoms with E-state index in [1.165, 1.54) is 0 Å². The maximum absolute atomic E-state index is 11.2. The lowest BCUT2D eigenvalue weighted by Gasteiger charge is -2.13. The van der Waals surface area contributed by atoms with E-state index in [1.807, 2.05) is 32.1 Å². The fourth-order valence-corrected chi connectivity index (χ4v) is 1.72. The van der Waals surface area contributed by atoms with Crippen LogP contribution < -0.4 is 0 Å². The molecular formula is C14H21ClO2. The predicted octanol–water partition coefficient (Wildman–Crippen LogP) is 4.17. The first kappa shape index (κ1) is 16.0. The van der Waals surface area contributed by atoms with Gasteiger partial charge in [-0.25, -0.2) is 0 Å². The van der Waals surface area contributed by atoms with Gasteiger partial charge < -0.3 is 5.11 Å². The molecule has 17 heavy (non-hydrogen) atoms. The molecule has 0 fully saturated rings. The van der Waals surface area contributed by atoms with E-state index in [9.17, 15) is 9.90 Å². The number of carbonyl (C=O) groups is 1. The van der Waals surface area contributed by atoms with Crippen molar-refractivity contribution in [2.24, 2.45) is 5.92 Å². The van der Waals surface area contributed by atoms with Gasteiger partial charge in [0.2, 0.25) is 0 Å². The highest BCUT2D eigenvalue weighted by atomic mass is 35.5. The largest absolute Gasteiger partial charge is 0.481 e. The molecule has 3 heteroatoms. The summed E-state index contributed by atoms with van der Waals surface area (Å²) in [4.78, 5) is 11.2. The summed E-state index contributed by atoms with van der Waals surface area (Å²) >= 11 is 5.59. The third-order valence-corrected chi connectivity index (χ3v) is 2.74. The number of rotatable bonds is 8. The Labute approximate surface area is 109 Å². The maximum atomic E-state index is 11.2. The number of alkyl halides is 1. The molecule has 1 N–H and O–H groups in total. The molecule has 0 saturated carbocycles. The summed E-state index contributed by atoms with van der Waals surface area (Å²) in [6, 6.07) is 0. The first-order valence-corrected chi connectivity index (χ1v) is 6.35. The molecule has 0 spiro atoms. The third-order valence-electron chi connectivity index (χ3n) is 2.47. The molecule has 1 unspecified atom stereocenters. The molecule has 0 aliphatic heterocycles. The van der Waals surface area contributed by atoms with Crippen LogP contribution in [0.1, 0.15) is 33.1 Å². The van der Waals surface area contributed by atoms with E-state index in [2.05, 4.69) is 6.58 Å². The molecule has 0 rings (SSSR count). The van der Waals surface area contributed by atoms with Crippen molar-refractivity contribution in [2.75, 3.05) is 5.88 Å². The molecule has 96 valence electrons. The summed E-state index contributed by atoms with van der Waals surface area (Å²) in [5, 5.41) is 9.21. The summed E-state index contributed by atoms with van der Waals surface area (Å²) in [7, 11) is 0. The predicted molar refractivity (Wildman–Crippen MR) is 73.4 cm³/mol. The zero-order valence-electron chi connectivity index (χ0n) is 10.6. The zero-order chi connectivity index (χ0) is 13.3. The van der Waals surface area contributed by atoms with Crippen LogP contribution >= 0.6 is 11.6 Å². The van der Waals surface area contributed by atoms with Crippen LogP contribution in [0.2, 0.25) is 0 Å². The van der Waals surface area contributed by atoms with Gasteiger partial charge in [-0.2, -0.15) is 0 Å². The number of carboxylic acid groups (broad SMARTS) is 1. The molecule has 0 saturated heterocycles. The normalized spacial score (nSPS) is 13.9. The number of carboxylic acids is 1. The van der Waals surface area contributed by atoms with E-state index in [0.29, 0.717) is 12.3 Å². The number of aliphatic carboxylic acids is 1. The molecule has 0 amide bonds. The summed E-state index contributed by atoms with van der Waals surface area (Å²) in [5.41, 5.74) is 1.74. The van der Waals surface area contributed by atoms with E-state index in [4.69, 9.17) is 11.6 Å². The minimum atomic E-state index is -0.779. The van der Waals surface area contributed by atoms with E-state index < -0.39 is 11.9 Å². The van der Waals surface area contributed by atoms with Gasteiger partial charge in [-0.15, -0.1) is 11.6 Å². The maximum Gasteiger partial charge on any atom is 0.310 e. The topological polar surface area (TPSA) is 37.3 Å². The molecule has 0 aliphatic rings.